The molecule has 0 aliphatic carbocycles. The minimum absolute atomic E-state index is 0.0233. The number of anilines is 1. The lowest BCUT2D eigenvalue weighted by atomic mass is 10.2. The SMILES string of the molecule is COc1cccc(NC(=O)Cn2c(=O)n(Cc3cccnc3)c(=O)c3ncccc32)c1. The quantitative estimate of drug-likeness (QED) is 0.511. The predicted octanol–water partition coefficient (Wildman–Crippen LogP) is 1.65. The van der Waals surface area contributed by atoms with Gasteiger partial charge in [0.05, 0.1) is 19.2 Å². The molecular weight excluding hydrogens is 398 g/mol. The Balaban J connectivity index is 1.73. The van der Waals surface area contributed by atoms with Crippen molar-refractivity contribution in [1.29, 1.82) is 0 Å². The summed E-state index contributed by atoms with van der Waals surface area (Å²) < 4.78 is 7.47. The highest BCUT2D eigenvalue weighted by Crippen LogP contribution is 2.16. The maximum absolute atomic E-state index is 13.2. The van der Waals surface area contributed by atoms with Crippen molar-refractivity contribution in [2.45, 2.75) is 13.1 Å². The van der Waals surface area contributed by atoms with Gasteiger partial charge in [-0.3, -0.25) is 23.7 Å². The summed E-state index contributed by atoms with van der Waals surface area (Å²) in [6.07, 6.45) is 4.66. The van der Waals surface area contributed by atoms with Gasteiger partial charge in [0.25, 0.3) is 5.56 Å². The summed E-state index contributed by atoms with van der Waals surface area (Å²) in [6.45, 7) is -0.263. The molecule has 0 unspecified atom stereocenters. The zero-order chi connectivity index (χ0) is 21.8. The number of methoxy groups -OCH3 is 1. The van der Waals surface area contributed by atoms with Crippen molar-refractivity contribution in [1.82, 2.24) is 19.1 Å². The van der Waals surface area contributed by atoms with Crippen LogP contribution in [-0.2, 0) is 17.9 Å². The van der Waals surface area contributed by atoms with Crippen LogP contribution >= 0.6 is 0 Å². The van der Waals surface area contributed by atoms with E-state index in [0.717, 1.165) is 4.57 Å². The zero-order valence-electron chi connectivity index (χ0n) is 16.7. The van der Waals surface area contributed by atoms with Gasteiger partial charge in [-0.2, -0.15) is 0 Å². The first-order valence-electron chi connectivity index (χ1n) is 9.48. The van der Waals surface area contributed by atoms with E-state index in [2.05, 4.69) is 15.3 Å². The number of benzene rings is 1. The second-order valence-electron chi connectivity index (χ2n) is 6.77. The fourth-order valence-electron chi connectivity index (χ4n) is 3.25. The van der Waals surface area contributed by atoms with E-state index in [1.807, 2.05) is 0 Å². The highest BCUT2D eigenvalue weighted by molar-refractivity contribution is 5.91. The molecule has 9 nitrogen and oxygen atoms in total. The molecule has 31 heavy (non-hydrogen) atoms. The first-order chi connectivity index (χ1) is 15.1. The number of hydrogen-bond acceptors (Lipinski definition) is 6. The van der Waals surface area contributed by atoms with E-state index in [-0.39, 0.29) is 18.6 Å². The Bertz CT molecular complexity index is 1360. The van der Waals surface area contributed by atoms with E-state index >= 15 is 0 Å². The number of pyridine rings is 2. The van der Waals surface area contributed by atoms with Crippen molar-refractivity contribution >= 4 is 22.6 Å². The van der Waals surface area contributed by atoms with Crippen LogP contribution < -0.4 is 21.3 Å². The molecule has 0 fully saturated rings. The van der Waals surface area contributed by atoms with Crippen LogP contribution in [0.5, 0.6) is 5.75 Å². The van der Waals surface area contributed by atoms with Crippen molar-refractivity contribution in [3.63, 3.8) is 0 Å². The fourth-order valence-corrected chi connectivity index (χ4v) is 3.25. The van der Waals surface area contributed by atoms with Crippen LogP contribution in [0.2, 0.25) is 0 Å². The molecule has 1 aromatic carbocycles. The molecule has 1 N–H and O–H groups in total. The van der Waals surface area contributed by atoms with Gasteiger partial charge in [0, 0.05) is 30.3 Å². The molecule has 0 saturated carbocycles. The van der Waals surface area contributed by atoms with Crippen molar-refractivity contribution in [3.8, 4) is 5.75 Å². The average molecular weight is 417 g/mol. The number of hydrogen-bond donors (Lipinski definition) is 1. The Morgan fingerprint density at radius 2 is 1.90 bits per heavy atom. The fraction of sp³-hybridized carbons (Fsp3) is 0.136. The van der Waals surface area contributed by atoms with Gasteiger partial charge in [-0.1, -0.05) is 12.1 Å². The van der Waals surface area contributed by atoms with Gasteiger partial charge in [-0.05, 0) is 35.9 Å². The average Bonchev–Trinajstić information content (AvgIpc) is 2.80. The molecule has 3 heterocycles. The summed E-state index contributed by atoms with van der Waals surface area (Å²) in [7, 11) is 1.53. The molecule has 1 amide bonds. The number of rotatable bonds is 6. The van der Waals surface area contributed by atoms with E-state index < -0.39 is 17.2 Å². The molecule has 0 radical (unpaired) electrons. The lowest BCUT2D eigenvalue weighted by Gasteiger charge is -2.14. The summed E-state index contributed by atoms with van der Waals surface area (Å²) in [5.74, 6) is 0.168. The van der Waals surface area contributed by atoms with E-state index in [0.29, 0.717) is 22.5 Å². The first kappa shape index (κ1) is 20.0. The molecule has 3 aromatic heterocycles. The molecular formula is C22H19N5O4. The largest absolute Gasteiger partial charge is 0.497 e. The number of nitrogens with zero attached hydrogens (tertiary/aromatic N) is 4. The van der Waals surface area contributed by atoms with Crippen LogP contribution in [0, 0.1) is 0 Å². The normalized spacial score (nSPS) is 10.7. The maximum Gasteiger partial charge on any atom is 0.332 e. The minimum atomic E-state index is -0.602. The Morgan fingerprint density at radius 1 is 1.06 bits per heavy atom. The lowest BCUT2D eigenvalue weighted by molar-refractivity contribution is -0.116. The molecule has 4 aromatic rings. The number of carbonyl (C=O) groups is 1. The topological polar surface area (TPSA) is 108 Å². The summed E-state index contributed by atoms with van der Waals surface area (Å²) in [4.78, 5) is 46.9. The molecule has 0 aliphatic rings. The number of aromatic nitrogens is 4. The third-order valence-electron chi connectivity index (χ3n) is 4.71. The number of nitrogens with one attached hydrogen (secondary N) is 1. The van der Waals surface area contributed by atoms with Gasteiger partial charge in [0.2, 0.25) is 5.91 Å². The molecule has 9 heteroatoms. The minimum Gasteiger partial charge on any atom is -0.497 e. The highest BCUT2D eigenvalue weighted by Gasteiger charge is 2.16. The second kappa shape index (κ2) is 8.62. The molecule has 0 bridgehead atoms. The summed E-state index contributed by atoms with van der Waals surface area (Å²) >= 11 is 0. The molecule has 0 aliphatic heterocycles. The van der Waals surface area contributed by atoms with Gasteiger partial charge in [0.1, 0.15) is 12.3 Å². The van der Waals surface area contributed by atoms with Crippen LogP contribution in [0.25, 0.3) is 11.0 Å². The lowest BCUT2D eigenvalue weighted by Crippen LogP contribution is -2.42. The van der Waals surface area contributed by atoms with Crippen molar-refractivity contribution in [2.75, 3.05) is 12.4 Å². The van der Waals surface area contributed by atoms with Crippen molar-refractivity contribution in [2.24, 2.45) is 0 Å². The standard InChI is InChI=1S/C22H19N5O4/c1-31-17-7-2-6-16(11-17)25-19(28)14-26-18-8-4-10-24-20(18)21(29)27(22(26)30)13-15-5-3-9-23-12-15/h2-12H,13-14H2,1H3,(H,25,28). The third kappa shape index (κ3) is 4.20. The Morgan fingerprint density at radius 3 is 2.68 bits per heavy atom. The van der Waals surface area contributed by atoms with E-state index in [4.69, 9.17) is 4.74 Å². The molecule has 0 saturated heterocycles. The van der Waals surface area contributed by atoms with Gasteiger partial charge >= 0.3 is 5.69 Å². The first-order valence-corrected chi connectivity index (χ1v) is 9.48. The molecule has 0 atom stereocenters. The van der Waals surface area contributed by atoms with Gasteiger partial charge < -0.3 is 10.1 Å². The van der Waals surface area contributed by atoms with E-state index in [1.54, 1.807) is 60.9 Å². The number of amides is 1. The molecule has 4 rings (SSSR count). The van der Waals surface area contributed by atoms with Crippen LogP contribution in [0.1, 0.15) is 5.56 Å². The van der Waals surface area contributed by atoms with Gasteiger partial charge in [0.15, 0.2) is 5.52 Å². The van der Waals surface area contributed by atoms with E-state index in [9.17, 15) is 14.4 Å². The highest BCUT2D eigenvalue weighted by atomic mass is 16.5. The molecule has 0 spiro atoms. The Kier molecular flexibility index (Phi) is 5.57. The molecule has 156 valence electrons. The smallest absolute Gasteiger partial charge is 0.332 e. The summed E-state index contributed by atoms with van der Waals surface area (Å²) in [6, 6.07) is 13.6. The second-order valence-corrected chi connectivity index (χ2v) is 6.77. The number of carbonyl (C=O) groups excluding carboxylic acids is 1. The monoisotopic (exact) mass is 417 g/mol. The summed E-state index contributed by atoms with van der Waals surface area (Å²) in [5, 5.41) is 2.74. The zero-order valence-corrected chi connectivity index (χ0v) is 16.7. The van der Waals surface area contributed by atoms with E-state index in [1.165, 1.54) is 17.9 Å². The van der Waals surface area contributed by atoms with Crippen molar-refractivity contribution < 1.29 is 9.53 Å². The van der Waals surface area contributed by atoms with Crippen LogP contribution in [-0.4, -0.2) is 32.1 Å². The maximum atomic E-state index is 13.2. The Labute approximate surface area is 176 Å². The summed E-state index contributed by atoms with van der Waals surface area (Å²) in [5.41, 5.74) is 0.498. The van der Waals surface area contributed by atoms with Crippen LogP contribution in [0.4, 0.5) is 5.69 Å². The van der Waals surface area contributed by atoms with Crippen molar-refractivity contribution in [3.05, 3.63) is 93.5 Å². The number of ether oxygens (including phenoxy) is 1. The Hall–Kier alpha value is -4.27. The third-order valence-corrected chi connectivity index (χ3v) is 4.71. The van der Waals surface area contributed by atoms with Gasteiger partial charge in [-0.25, -0.2) is 9.78 Å². The van der Waals surface area contributed by atoms with Crippen LogP contribution in [0.15, 0.2) is 76.7 Å². The van der Waals surface area contributed by atoms with Gasteiger partial charge in [-0.15, -0.1) is 0 Å². The predicted molar refractivity (Wildman–Crippen MR) is 115 cm³/mol. The van der Waals surface area contributed by atoms with Crippen LogP contribution in [0.3, 0.4) is 0 Å². The number of fused-ring (bicyclic) bond motifs is 1.